The third-order valence-corrected chi connectivity index (χ3v) is 6.97. The maximum absolute atomic E-state index is 13.0. The van der Waals surface area contributed by atoms with Crippen LogP contribution in [-0.4, -0.2) is 58.1 Å². The van der Waals surface area contributed by atoms with Crippen molar-refractivity contribution in [3.05, 3.63) is 47.0 Å². The largest absolute Gasteiger partial charge is 0.494 e. The van der Waals surface area contributed by atoms with Crippen LogP contribution >= 0.6 is 11.6 Å². The second kappa shape index (κ2) is 10.3. The molecule has 0 bridgehead atoms. The van der Waals surface area contributed by atoms with Crippen molar-refractivity contribution in [2.24, 2.45) is 0 Å². The van der Waals surface area contributed by atoms with Crippen molar-refractivity contribution in [2.45, 2.75) is 18.7 Å². The Morgan fingerprint density at radius 1 is 1.10 bits per heavy atom. The molecule has 10 heteroatoms. The number of hydrogen-bond acceptors (Lipinski definition) is 6. The van der Waals surface area contributed by atoms with Crippen LogP contribution in [0.3, 0.4) is 0 Å². The molecule has 0 aromatic heterocycles. The second-order valence-corrected chi connectivity index (χ2v) is 8.95. The van der Waals surface area contributed by atoms with E-state index in [1.54, 1.807) is 18.2 Å². The summed E-state index contributed by atoms with van der Waals surface area (Å²) in [5.41, 5.74) is 0.575. The van der Waals surface area contributed by atoms with E-state index in [0.29, 0.717) is 43.6 Å². The summed E-state index contributed by atoms with van der Waals surface area (Å²) in [5, 5.41) is 2.82. The van der Waals surface area contributed by atoms with Gasteiger partial charge in [-0.3, -0.25) is 4.79 Å². The van der Waals surface area contributed by atoms with Crippen molar-refractivity contribution < 1.29 is 27.4 Å². The molecule has 0 unspecified atom stereocenters. The Labute approximate surface area is 187 Å². The number of carbonyl (C=O) groups is 1. The minimum atomic E-state index is -3.86. The van der Waals surface area contributed by atoms with Crippen LogP contribution in [0.5, 0.6) is 11.5 Å². The van der Waals surface area contributed by atoms with E-state index in [1.807, 2.05) is 13.8 Å². The first-order valence-electron chi connectivity index (χ1n) is 9.95. The highest BCUT2D eigenvalue weighted by atomic mass is 35.5. The van der Waals surface area contributed by atoms with Gasteiger partial charge in [0.2, 0.25) is 10.0 Å². The van der Waals surface area contributed by atoms with Gasteiger partial charge in [0.25, 0.3) is 5.91 Å². The molecule has 1 fully saturated rings. The Hall–Kier alpha value is -2.33. The van der Waals surface area contributed by atoms with Crippen molar-refractivity contribution in [1.29, 1.82) is 0 Å². The number of benzene rings is 2. The molecule has 1 N–H and O–H groups in total. The number of nitrogens with zero attached hydrogens (tertiary/aromatic N) is 1. The first kappa shape index (κ1) is 23.3. The predicted molar refractivity (Wildman–Crippen MR) is 118 cm³/mol. The summed E-state index contributed by atoms with van der Waals surface area (Å²) in [4.78, 5) is 12.8. The Morgan fingerprint density at radius 3 is 2.48 bits per heavy atom. The highest BCUT2D eigenvalue weighted by molar-refractivity contribution is 7.89. The summed E-state index contributed by atoms with van der Waals surface area (Å²) in [7, 11) is -3.86. The molecule has 1 aliphatic heterocycles. The van der Waals surface area contributed by atoms with Crippen molar-refractivity contribution >= 4 is 33.2 Å². The molecular formula is C21H25ClN2O6S. The van der Waals surface area contributed by atoms with E-state index in [1.165, 1.54) is 22.5 Å². The van der Waals surface area contributed by atoms with Crippen LogP contribution in [0.15, 0.2) is 41.3 Å². The topological polar surface area (TPSA) is 94.2 Å². The van der Waals surface area contributed by atoms with Gasteiger partial charge in [0.05, 0.1) is 37.1 Å². The molecule has 1 heterocycles. The van der Waals surface area contributed by atoms with Crippen LogP contribution in [0, 0.1) is 0 Å². The van der Waals surface area contributed by atoms with E-state index in [-0.39, 0.29) is 28.6 Å². The van der Waals surface area contributed by atoms with Gasteiger partial charge in [-0.15, -0.1) is 0 Å². The summed E-state index contributed by atoms with van der Waals surface area (Å²) < 4.78 is 43.6. The standard InChI is InChI=1S/C21H25ClN2O6S/c1-3-29-16-6-8-19(30-4-2)18(14-16)23-21(25)15-5-7-17(22)20(13-15)31(26,27)24-9-11-28-12-10-24/h5-8,13-14H,3-4,9-12H2,1-2H3,(H,23,25). The van der Waals surface area contributed by atoms with Gasteiger partial charge in [0.1, 0.15) is 16.4 Å². The fourth-order valence-electron chi connectivity index (χ4n) is 3.11. The van der Waals surface area contributed by atoms with Gasteiger partial charge >= 0.3 is 0 Å². The normalized spacial score (nSPS) is 14.8. The maximum atomic E-state index is 13.0. The quantitative estimate of drug-likeness (QED) is 0.638. The van der Waals surface area contributed by atoms with Crippen molar-refractivity contribution in [1.82, 2.24) is 4.31 Å². The fourth-order valence-corrected chi connectivity index (χ4v) is 5.02. The number of rotatable bonds is 8. The molecule has 1 aliphatic rings. The summed E-state index contributed by atoms with van der Waals surface area (Å²) in [6.07, 6.45) is 0. The van der Waals surface area contributed by atoms with Crippen LogP contribution in [-0.2, 0) is 14.8 Å². The first-order chi connectivity index (χ1) is 14.9. The van der Waals surface area contributed by atoms with Gasteiger partial charge in [-0.25, -0.2) is 8.42 Å². The molecule has 2 aromatic rings. The molecule has 0 spiro atoms. The van der Waals surface area contributed by atoms with Gasteiger partial charge in [-0.2, -0.15) is 4.31 Å². The zero-order chi connectivity index (χ0) is 22.4. The van der Waals surface area contributed by atoms with E-state index in [9.17, 15) is 13.2 Å². The Morgan fingerprint density at radius 2 is 1.81 bits per heavy atom. The lowest BCUT2D eigenvalue weighted by atomic mass is 10.2. The van der Waals surface area contributed by atoms with Crippen LogP contribution in [0.1, 0.15) is 24.2 Å². The number of carbonyl (C=O) groups excluding carboxylic acids is 1. The third-order valence-electron chi connectivity index (χ3n) is 4.59. The Bertz CT molecular complexity index is 1040. The number of amides is 1. The van der Waals surface area contributed by atoms with Gasteiger partial charge in [0, 0.05) is 24.7 Å². The summed E-state index contributed by atoms with van der Waals surface area (Å²) in [6.45, 7) is 5.68. The first-order valence-corrected chi connectivity index (χ1v) is 11.8. The van der Waals surface area contributed by atoms with E-state index < -0.39 is 15.9 Å². The summed E-state index contributed by atoms with van der Waals surface area (Å²) in [5.74, 6) is 0.562. The zero-order valence-corrected chi connectivity index (χ0v) is 19.0. The minimum absolute atomic E-state index is 0.0522. The number of sulfonamides is 1. The monoisotopic (exact) mass is 468 g/mol. The van der Waals surface area contributed by atoms with Crippen LogP contribution < -0.4 is 14.8 Å². The molecular weight excluding hydrogens is 444 g/mol. The fraction of sp³-hybridized carbons (Fsp3) is 0.381. The summed E-state index contributed by atoms with van der Waals surface area (Å²) >= 11 is 6.18. The SMILES string of the molecule is CCOc1ccc(OCC)c(NC(=O)c2ccc(Cl)c(S(=O)(=O)N3CCOCC3)c2)c1. The van der Waals surface area contributed by atoms with Gasteiger partial charge < -0.3 is 19.5 Å². The van der Waals surface area contributed by atoms with E-state index in [4.69, 9.17) is 25.8 Å². The van der Waals surface area contributed by atoms with Crippen LogP contribution in [0.25, 0.3) is 0 Å². The molecule has 0 atom stereocenters. The second-order valence-electron chi connectivity index (χ2n) is 6.64. The zero-order valence-electron chi connectivity index (χ0n) is 17.4. The molecule has 1 saturated heterocycles. The van der Waals surface area contributed by atoms with Gasteiger partial charge in [-0.05, 0) is 44.2 Å². The summed E-state index contributed by atoms with van der Waals surface area (Å²) in [6, 6.07) is 9.29. The van der Waals surface area contributed by atoms with E-state index in [2.05, 4.69) is 5.32 Å². The van der Waals surface area contributed by atoms with Gasteiger partial charge in [0.15, 0.2) is 0 Å². The van der Waals surface area contributed by atoms with Crippen LogP contribution in [0.4, 0.5) is 5.69 Å². The molecule has 0 aliphatic carbocycles. The van der Waals surface area contributed by atoms with E-state index in [0.717, 1.165) is 0 Å². The highest BCUT2D eigenvalue weighted by Crippen LogP contribution is 2.31. The minimum Gasteiger partial charge on any atom is -0.494 e. The molecule has 2 aromatic carbocycles. The number of ether oxygens (including phenoxy) is 3. The van der Waals surface area contributed by atoms with E-state index >= 15 is 0 Å². The Kier molecular flexibility index (Phi) is 7.77. The van der Waals surface area contributed by atoms with Crippen LogP contribution in [0.2, 0.25) is 5.02 Å². The number of hydrogen-bond donors (Lipinski definition) is 1. The molecule has 8 nitrogen and oxygen atoms in total. The number of morpholine rings is 1. The smallest absolute Gasteiger partial charge is 0.255 e. The number of anilines is 1. The lowest BCUT2D eigenvalue weighted by molar-refractivity contribution is 0.0730. The average Bonchev–Trinajstić information content (AvgIpc) is 2.76. The predicted octanol–water partition coefficient (Wildman–Crippen LogP) is 3.41. The third kappa shape index (κ3) is 5.48. The van der Waals surface area contributed by atoms with Crippen molar-refractivity contribution in [2.75, 3.05) is 44.8 Å². The van der Waals surface area contributed by atoms with Crippen molar-refractivity contribution in [3.8, 4) is 11.5 Å². The van der Waals surface area contributed by atoms with Gasteiger partial charge in [-0.1, -0.05) is 11.6 Å². The Balaban J connectivity index is 1.89. The molecule has 0 radical (unpaired) electrons. The molecule has 0 saturated carbocycles. The number of nitrogens with one attached hydrogen (secondary N) is 1. The number of halogens is 1. The molecule has 3 rings (SSSR count). The highest BCUT2D eigenvalue weighted by Gasteiger charge is 2.29. The lowest BCUT2D eigenvalue weighted by Crippen LogP contribution is -2.40. The average molecular weight is 469 g/mol. The molecule has 168 valence electrons. The molecule has 31 heavy (non-hydrogen) atoms. The molecule has 1 amide bonds. The lowest BCUT2D eigenvalue weighted by Gasteiger charge is -2.26. The maximum Gasteiger partial charge on any atom is 0.255 e. The van der Waals surface area contributed by atoms with Crippen molar-refractivity contribution in [3.63, 3.8) is 0 Å².